The standard InChI is InChI=1S/C9H14/c1-4-6-8-9(3)7-5-2/h4-5,8H,1-2,6-7H2,3H3. The Morgan fingerprint density at radius 3 is 2.44 bits per heavy atom. The average Bonchev–Trinajstić information content (AvgIpc) is 1.85. The SMILES string of the molecule is C=CCC=C(C)CC=C. The van der Waals surface area contributed by atoms with E-state index in [9.17, 15) is 0 Å². The van der Waals surface area contributed by atoms with Gasteiger partial charge in [-0.3, -0.25) is 0 Å². The maximum Gasteiger partial charge on any atom is -0.0144 e. The molecule has 0 heterocycles. The molecule has 0 N–H and O–H groups in total. The summed E-state index contributed by atoms with van der Waals surface area (Å²) < 4.78 is 0. The van der Waals surface area contributed by atoms with Crippen molar-refractivity contribution >= 4 is 0 Å². The number of rotatable bonds is 4. The van der Waals surface area contributed by atoms with E-state index in [1.54, 1.807) is 0 Å². The van der Waals surface area contributed by atoms with E-state index < -0.39 is 0 Å². The van der Waals surface area contributed by atoms with Gasteiger partial charge in [0.15, 0.2) is 0 Å². The Morgan fingerprint density at radius 1 is 1.33 bits per heavy atom. The molecule has 0 bridgehead atoms. The molecule has 0 aliphatic heterocycles. The van der Waals surface area contributed by atoms with Crippen molar-refractivity contribution in [3.05, 3.63) is 37.0 Å². The van der Waals surface area contributed by atoms with Gasteiger partial charge in [-0.2, -0.15) is 0 Å². The Bertz CT molecular complexity index is 118. The smallest absolute Gasteiger partial charge is 0.0144 e. The number of hydrogen-bond donors (Lipinski definition) is 0. The highest BCUT2D eigenvalue weighted by molar-refractivity contribution is 5.04. The van der Waals surface area contributed by atoms with Gasteiger partial charge < -0.3 is 0 Å². The van der Waals surface area contributed by atoms with Crippen LogP contribution in [0.15, 0.2) is 37.0 Å². The largest absolute Gasteiger partial charge is 0.103 e. The van der Waals surface area contributed by atoms with Gasteiger partial charge >= 0.3 is 0 Å². The lowest BCUT2D eigenvalue weighted by atomic mass is 10.2. The van der Waals surface area contributed by atoms with E-state index in [-0.39, 0.29) is 0 Å². The summed E-state index contributed by atoms with van der Waals surface area (Å²) in [6, 6.07) is 0. The third-order valence-electron chi connectivity index (χ3n) is 1.10. The molecule has 0 saturated heterocycles. The van der Waals surface area contributed by atoms with Crippen LogP contribution in [0, 0.1) is 0 Å². The summed E-state index contributed by atoms with van der Waals surface area (Å²) in [5.74, 6) is 0. The van der Waals surface area contributed by atoms with Crippen molar-refractivity contribution in [1.29, 1.82) is 0 Å². The highest BCUT2D eigenvalue weighted by Crippen LogP contribution is 2.00. The lowest BCUT2D eigenvalue weighted by Crippen LogP contribution is -1.70. The van der Waals surface area contributed by atoms with Crippen molar-refractivity contribution in [3.8, 4) is 0 Å². The highest BCUT2D eigenvalue weighted by atomic mass is 13.9. The number of hydrogen-bond acceptors (Lipinski definition) is 0. The molecule has 0 saturated carbocycles. The molecule has 0 spiro atoms. The van der Waals surface area contributed by atoms with Gasteiger partial charge in [-0.25, -0.2) is 0 Å². The summed E-state index contributed by atoms with van der Waals surface area (Å²) in [6.45, 7) is 9.37. The molecule has 0 aromatic heterocycles. The van der Waals surface area contributed by atoms with E-state index in [1.165, 1.54) is 5.57 Å². The summed E-state index contributed by atoms with van der Waals surface area (Å²) >= 11 is 0. The molecule has 9 heavy (non-hydrogen) atoms. The van der Waals surface area contributed by atoms with Crippen LogP contribution < -0.4 is 0 Å². The summed E-state index contributed by atoms with van der Waals surface area (Å²) in [4.78, 5) is 0. The third-order valence-corrected chi connectivity index (χ3v) is 1.10. The quantitative estimate of drug-likeness (QED) is 0.503. The Hall–Kier alpha value is -0.780. The third kappa shape index (κ3) is 5.09. The van der Waals surface area contributed by atoms with Crippen LogP contribution in [0.5, 0.6) is 0 Å². The van der Waals surface area contributed by atoms with Gasteiger partial charge in [-0.05, 0) is 19.8 Å². The molecule has 0 aliphatic rings. The summed E-state index contributed by atoms with van der Waals surface area (Å²) in [5.41, 5.74) is 1.37. The Labute approximate surface area is 57.6 Å². The molecule has 0 aromatic carbocycles. The summed E-state index contributed by atoms with van der Waals surface area (Å²) in [7, 11) is 0. The predicted octanol–water partition coefficient (Wildman–Crippen LogP) is 3.08. The van der Waals surface area contributed by atoms with Gasteiger partial charge in [0.25, 0.3) is 0 Å². The van der Waals surface area contributed by atoms with Crippen LogP contribution in [-0.4, -0.2) is 0 Å². The molecule has 0 amide bonds. The molecule has 0 nitrogen and oxygen atoms in total. The molecule has 0 unspecified atom stereocenters. The van der Waals surface area contributed by atoms with Gasteiger partial charge in [0.1, 0.15) is 0 Å². The monoisotopic (exact) mass is 122 g/mol. The molecule has 0 heteroatoms. The van der Waals surface area contributed by atoms with Crippen molar-refractivity contribution in [2.45, 2.75) is 19.8 Å². The summed E-state index contributed by atoms with van der Waals surface area (Å²) in [5, 5.41) is 0. The van der Waals surface area contributed by atoms with Crippen molar-refractivity contribution < 1.29 is 0 Å². The zero-order valence-electron chi connectivity index (χ0n) is 6.06. The van der Waals surface area contributed by atoms with E-state index in [2.05, 4.69) is 26.2 Å². The first kappa shape index (κ1) is 8.22. The molecular formula is C9H14. The Morgan fingerprint density at radius 2 is 2.00 bits per heavy atom. The normalized spacial score (nSPS) is 11.0. The van der Waals surface area contributed by atoms with Gasteiger partial charge in [-0.1, -0.05) is 23.8 Å². The van der Waals surface area contributed by atoms with Crippen molar-refractivity contribution in [2.24, 2.45) is 0 Å². The van der Waals surface area contributed by atoms with E-state index in [0.29, 0.717) is 0 Å². The van der Waals surface area contributed by atoms with E-state index >= 15 is 0 Å². The highest BCUT2D eigenvalue weighted by Gasteiger charge is 1.80. The fraction of sp³-hybridized carbons (Fsp3) is 0.333. The van der Waals surface area contributed by atoms with Crippen LogP contribution in [0.1, 0.15) is 19.8 Å². The van der Waals surface area contributed by atoms with Gasteiger partial charge in [-0.15, -0.1) is 13.2 Å². The molecule has 0 radical (unpaired) electrons. The van der Waals surface area contributed by atoms with Crippen LogP contribution in [0.4, 0.5) is 0 Å². The minimum absolute atomic E-state index is 0.972. The van der Waals surface area contributed by atoms with Crippen molar-refractivity contribution in [1.82, 2.24) is 0 Å². The Balaban J connectivity index is 3.53. The van der Waals surface area contributed by atoms with E-state index in [0.717, 1.165) is 12.8 Å². The van der Waals surface area contributed by atoms with Crippen LogP contribution >= 0.6 is 0 Å². The first-order valence-electron chi connectivity index (χ1n) is 3.18. The van der Waals surface area contributed by atoms with Crippen molar-refractivity contribution in [2.75, 3.05) is 0 Å². The van der Waals surface area contributed by atoms with E-state index in [1.807, 2.05) is 12.2 Å². The second-order valence-electron chi connectivity index (χ2n) is 2.07. The van der Waals surface area contributed by atoms with Gasteiger partial charge in [0.05, 0.1) is 0 Å². The minimum Gasteiger partial charge on any atom is -0.103 e. The second-order valence-corrected chi connectivity index (χ2v) is 2.07. The lowest BCUT2D eigenvalue weighted by Gasteiger charge is -1.90. The molecule has 50 valence electrons. The van der Waals surface area contributed by atoms with Gasteiger partial charge in [0.2, 0.25) is 0 Å². The molecular weight excluding hydrogens is 108 g/mol. The van der Waals surface area contributed by atoms with Crippen LogP contribution in [0.25, 0.3) is 0 Å². The second kappa shape index (κ2) is 5.36. The van der Waals surface area contributed by atoms with Crippen molar-refractivity contribution in [3.63, 3.8) is 0 Å². The first-order valence-corrected chi connectivity index (χ1v) is 3.18. The zero-order chi connectivity index (χ0) is 7.11. The van der Waals surface area contributed by atoms with E-state index in [4.69, 9.17) is 0 Å². The molecule has 0 aromatic rings. The fourth-order valence-corrected chi connectivity index (χ4v) is 0.596. The maximum atomic E-state index is 3.64. The van der Waals surface area contributed by atoms with Crippen LogP contribution in [0.2, 0.25) is 0 Å². The van der Waals surface area contributed by atoms with Crippen LogP contribution in [-0.2, 0) is 0 Å². The Kier molecular flexibility index (Phi) is 4.89. The molecule has 0 rings (SSSR count). The molecule has 0 atom stereocenters. The predicted molar refractivity (Wildman–Crippen MR) is 43.4 cm³/mol. The zero-order valence-corrected chi connectivity index (χ0v) is 6.06. The first-order chi connectivity index (χ1) is 4.31. The topological polar surface area (TPSA) is 0 Å². The lowest BCUT2D eigenvalue weighted by molar-refractivity contribution is 1.17. The maximum absolute atomic E-state index is 3.64. The molecule has 0 fully saturated rings. The molecule has 0 aliphatic carbocycles. The van der Waals surface area contributed by atoms with Gasteiger partial charge in [0, 0.05) is 0 Å². The fourth-order valence-electron chi connectivity index (χ4n) is 0.596. The summed E-state index contributed by atoms with van der Waals surface area (Å²) in [6.07, 6.45) is 7.93. The van der Waals surface area contributed by atoms with Crippen LogP contribution in [0.3, 0.4) is 0 Å². The average molecular weight is 122 g/mol. The number of allylic oxidation sites excluding steroid dienone is 4. The minimum atomic E-state index is 0.972.